The Morgan fingerprint density at radius 3 is 2.43 bits per heavy atom. The van der Waals surface area contributed by atoms with Crippen molar-refractivity contribution in [2.24, 2.45) is 11.8 Å². The van der Waals surface area contributed by atoms with Crippen LogP contribution in [0.15, 0.2) is 24.3 Å². The number of carbonyl (C=O) groups is 4. The first-order valence-electron chi connectivity index (χ1n) is 10.5. The molecule has 1 saturated heterocycles. The molecule has 30 heavy (non-hydrogen) atoms. The molecule has 0 bridgehead atoms. The van der Waals surface area contributed by atoms with Crippen LogP contribution in [0.25, 0.3) is 0 Å². The molecule has 8 nitrogen and oxygen atoms in total. The molecule has 3 rings (SSSR count). The minimum absolute atomic E-state index is 0.0250. The molecular weight excluding hydrogens is 386 g/mol. The zero-order valence-corrected chi connectivity index (χ0v) is 17.6. The molecule has 4 amide bonds. The summed E-state index contributed by atoms with van der Waals surface area (Å²) in [6, 6.07) is 6.97. The van der Waals surface area contributed by atoms with Gasteiger partial charge in [0.1, 0.15) is 5.75 Å². The number of methoxy groups -OCH3 is 1. The van der Waals surface area contributed by atoms with Crippen molar-refractivity contribution >= 4 is 29.3 Å². The van der Waals surface area contributed by atoms with Crippen LogP contribution in [0.1, 0.15) is 39.0 Å². The molecule has 2 aliphatic rings. The predicted molar refractivity (Wildman–Crippen MR) is 111 cm³/mol. The van der Waals surface area contributed by atoms with Gasteiger partial charge in [0.05, 0.1) is 25.5 Å². The number of nitrogens with one attached hydrogen (secondary N) is 1. The molecule has 2 atom stereocenters. The maximum absolute atomic E-state index is 12.6. The Morgan fingerprint density at radius 2 is 1.83 bits per heavy atom. The normalized spacial score (nSPS) is 20.7. The monoisotopic (exact) mass is 415 g/mol. The van der Waals surface area contributed by atoms with E-state index in [1.54, 1.807) is 38.3 Å². The zero-order chi connectivity index (χ0) is 21.7. The summed E-state index contributed by atoms with van der Waals surface area (Å²) < 4.78 is 5.13. The highest BCUT2D eigenvalue weighted by atomic mass is 16.5. The first kappa shape index (κ1) is 21.8. The van der Waals surface area contributed by atoms with Crippen LogP contribution in [0.3, 0.4) is 0 Å². The topological polar surface area (TPSA) is 96.0 Å². The van der Waals surface area contributed by atoms with Crippen LogP contribution in [0.5, 0.6) is 5.75 Å². The minimum Gasteiger partial charge on any atom is -0.497 e. The summed E-state index contributed by atoms with van der Waals surface area (Å²) in [5.74, 6) is -0.662. The first-order chi connectivity index (χ1) is 14.4. The number of carbonyl (C=O) groups excluding carboxylic acids is 4. The van der Waals surface area contributed by atoms with Crippen LogP contribution in [-0.2, 0) is 19.2 Å². The Bertz CT molecular complexity index is 801. The van der Waals surface area contributed by atoms with E-state index in [2.05, 4.69) is 5.32 Å². The van der Waals surface area contributed by atoms with Gasteiger partial charge in [-0.15, -0.1) is 0 Å². The number of hydrogen-bond acceptors (Lipinski definition) is 5. The van der Waals surface area contributed by atoms with Crippen LogP contribution >= 0.6 is 0 Å². The Kier molecular flexibility index (Phi) is 7.07. The Hall–Kier alpha value is -2.90. The van der Waals surface area contributed by atoms with Crippen molar-refractivity contribution in [3.8, 4) is 5.75 Å². The molecule has 1 heterocycles. The first-order valence-corrected chi connectivity index (χ1v) is 10.5. The largest absolute Gasteiger partial charge is 0.497 e. The van der Waals surface area contributed by atoms with Crippen molar-refractivity contribution in [1.82, 2.24) is 9.80 Å². The van der Waals surface area contributed by atoms with Gasteiger partial charge in [-0.05, 0) is 31.9 Å². The molecule has 2 fully saturated rings. The van der Waals surface area contributed by atoms with E-state index >= 15 is 0 Å². The molecule has 0 aromatic heterocycles. The van der Waals surface area contributed by atoms with Gasteiger partial charge in [0.2, 0.25) is 23.6 Å². The number of ether oxygens (including phenoxy) is 1. The fourth-order valence-corrected chi connectivity index (χ4v) is 4.27. The molecule has 1 aliphatic heterocycles. The molecule has 0 unspecified atom stereocenters. The summed E-state index contributed by atoms with van der Waals surface area (Å²) >= 11 is 0. The number of likely N-dealkylation sites (N-methyl/N-ethyl adjacent to an activating group) is 1. The van der Waals surface area contributed by atoms with Crippen LogP contribution in [-0.4, -0.2) is 60.2 Å². The van der Waals surface area contributed by atoms with Gasteiger partial charge in [0, 0.05) is 31.3 Å². The number of amides is 4. The fourth-order valence-electron chi connectivity index (χ4n) is 4.27. The number of likely N-dealkylation sites (tertiary alicyclic amines) is 1. The van der Waals surface area contributed by atoms with E-state index in [-0.39, 0.29) is 55.0 Å². The summed E-state index contributed by atoms with van der Waals surface area (Å²) in [6.45, 7) is 2.13. The standard InChI is InChI=1S/C22H29N3O5/c1-3-24(14-19(26)23-15-7-6-8-16(13-15)30-2)20(27)11-12-25-21(28)17-9-4-5-10-18(17)22(25)29/h6-8,13,17-18H,3-5,9-12,14H2,1-2H3,(H,23,26)/t17-,18-/m0/s1. The zero-order valence-electron chi connectivity index (χ0n) is 17.6. The lowest BCUT2D eigenvalue weighted by atomic mass is 9.81. The van der Waals surface area contributed by atoms with Gasteiger partial charge < -0.3 is 15.0 Å². The van der Waals surface area contributed by atoms with Gasteiger partial charge in [-0.2, -0.15) is 0 Å². The number of imide groups is 1. The van der Waals surface area contributed by atoms with Crippen molar-refractivity contribution in [2.75, 3.05) is 32.1 Å². The molecule has 0 radical (unpaired) electrons. The highest BCUT2D eigenvalue weighted by molar-refractivity contribution is 6.05. The van der Waals surface area contributed by atoms with E-state index in [9.17, 15) is 19.2 Å². The summed E-state index contributed by atoms with van der Waals surface area (Å²) in [5, 5.41) is 2.75. The third kappa shape index (κ3) is 4.80. The average Bonchev–Trinajstić information content (AvgIpc) is 3.00. The van der Waals surface area contributed by atoms with E-state index in [1.807, 2.05) is 0 Å². The summed E-state index contributed by atoms with van der Waals surface area (Å²) in [5.41, 5.74) is 0.582. The molecule has 0 spiro atoms. The van der Waals surface area contributed by atoms with Crippen LogP contribution in [0.4, 0.5) is 5.69 Å². The summed E-state index contributed by atoms with van der Waals surface area (Å²) in [7, 11) is 1.54. The van der Waals surface area contributed by atoms with Gasteiger partial charge >= 0.3 is 0 Å². The minimum atomic E-state index is -0.321. The van der Waals surface area contributed by atoms with Crippen LogP contribution in [0.2, 0.25) is 0 Å². The van der Waals surface area contributed by atoms with Gasteiger partial charge in [-0.3, -0.25) is 24.1 Å². The van der Waals surface area contributed by atoms with E-state index in [0.717, 1.165) is 25.7 Å². The predicted octanol–water partition coefficient (Wildman–Crippen LogP) is 2.05. The number of benzene rings is 1. The number of nitrogens with zero attached hydrogens (tertiary/aromatic N) is 2. The number of rotatable bonds is 8. The van der Waals surface area contributed by atoms with Crippen LogP contribution < -0.4 is 10.1 Å². The quantitative estimate of drug-likeness (QED) is 0.656. The van der Waals surface area contributed by atoms with Gasteiger partial charge in [-0.25, -0.2) is 0 Å². The lowest BCUT2D eigenvalue weighted by Gasteiger charge is -2.22. The molecule has 1 saturated carbocycles. The van der Waals surface area contributed by atoms with Crippen molar-refractivity contribution in [2.45, 2.75) is 39.0 Å². The fraction of sp³-hybridized carbons (Fsp3) is 0.545. The van der Waals surface area contributed by atoms with Crippen molar-refractivity contribution in [3.05, 3.63) is 24.3 Å². The highest BCUT2D eigenvalue weighted by Crippen LogP contribution is 2.38. The molecule has 162 valence electrons. The van der Waals surface area contributed by atoms with Crippen molar-refractivity contribution in [3.63, 3.8) is 0 Å². The molecule has 1 aliphatic carbocycles. The van der Waals surface area contributed by atoms with Crippen LogP contribution in [0, 0.1) is 11.8 Å². The second-order valence-corrected chi connectivity index (χ2v) is 7.76. The smallest absolute Gasteiger partial charge is 0.243 e. The lowest BCUT2D eigenvalue weighted by molar-refractivity contribution is -0.141. The molecule has 1 aromatic rings. The SMILES string of the molecule is CCN(CC(=O)Nc1cccc(OC)c1)C(=O)CCN1C(=O)[C@H]2CCCC[C@@H]2C1=O. The van der Waals surface area contributed by atoms with E-state index in [4.69, 9.17) is 4.74 Å². The second kappa shape index (κ2) is 9.73. The van der Waals surface area contributed by atoms with E-state index in [1.165, 1.54) is 9.80 Å². The van der Waals surface area contributed by atoms with Gasteiger partial charge in [0.25, 0.3) is 0 Å². The molecule has 1 N–H and O–H groups in total. The third-order valence-electron chi connectivity index (χ3n) is 5.90. The highest BCUT2D eigenvalue weighted by Gasteiger charge is 2.47. The van der Waals surface area contributed by atoms with Crippen molar-refractivity contribution in [1.29, 1.82) is 0 Å². The van der Waals surface area contributed by atoms with E-state index in [0.29, 0.717) is 18.0 Å². The Morgan fingerprint density at radius 1 is 1.17 bits per heavy atom. The lowest BCUT2D eigenvalue weighted by Crippen LogP contribution is -2.40. The maximum Gasteiger partial charge on any atom is 0.243 e. The number of anilines is 1. The molecule has 8 heteroatoms. The Balaban J connectivity index is 1.52. The van der Waals surface area contributed by atoms with Gasteiger partial charge in [0.15, 0.2) is 0 Å². The second-order valence-electron chi connectivity index (χ2n) is 7.76. The molecular formula is C22H29N3O5. The number of hydrogen-bond donors (Lipinski definition) is 1. The third-order valence-corrected chi connectivity index (χ3v) is 5.90. The molecule has 1 aromatic carbocycles. The van der Waals surface area contributed by atoms with Crippen molar-refractivity contribution < 1.29 is 23.9 Å². The number of fused-ring (bicyclic) bond motifs is 1. The summed E-state index contributed by atoms with van der Waals surface area (Å²) in [4.78, 5) is 52.7. The average molecular weight is 415 g/mol. The Labute approximate surface area is 176 Å². The van der Waals surface area contributed by atoms with E-state index < -0.39 is 0 Å². The summed E-state index contributed by atoms with van der Waals surface area (Å²) in [6.07, 6.45) is 3.48. The van der Waals surface area contributed by atoms with Gasteiger partial charge in [-0.1, -0.05) is 18.9 Å². The maximum atomic E-state index is 12.6.